The lowest BCUT2D eigenvalue weighted by Crippen LogP contribution is -1.97. The molecular weight excluding hydrogens is 270 g/mol. The second-order valence-electron chi connectivity index (χ2n) is 3.55. The van der Waals surface area contributed by atoms with Crippen molar-refractivity contribution in [2.45, 2.75) is 12.8 Å². The van der Waals surface area contributed by atoms with Crippen molar-refractivity contribution >= 4 is 22.9 Å². The van der Waals surface area contributed by atoms with Gasteiger partial charge in [0.25, 0.3) is 0 Å². The molecule has 3 nitrogen and oxygen atoms in total. The summed E-state index contributed by atoms with van der Waals surface area (Å²) in [6.07, 6.45) is 0. The largest absolute Gasteiger partial charge is 0.493 e. The topological polar surface area (TPSA) is 31.4 Å². The molecule has 1 heterocycles. The first-order chi connectivity index (χ1) is 8.80. The maximum atomic E-state index is 5.78. The van der Waals surface area contributed by atoms with E-state index >= 15 is 0 Å². The number of aromatic nitrogens is 1. The molecule has 0 saturated carbocycles. The highest BCUT2D eigenvalue weighted by atomic mass is 35.5. The third-order valence-corrected chi connectivity index (χ3v) is 3.60. The van der Waals surface area contributed by atoms with Gasteiger partial charge < -0.3 is 9.47 Å². The van der Waals surface area contributed by atoms with Crippen LogP contribution in [0.25, 0.3) is 10.6 Å². The predicted molar refractivity (Wildman–Crippen MR) is 74.8 cm³/mol. The van der Waals surface area contributed by atoms with Gasteiger partial charge in [-0.3, -0.25) is 0 Å². The van der Waals surface area contributed by atoms with Crippen LogP contribution in [0.1, 0.15) is 12.6 Å². The van der Waals surface area contributed by atoms with Gasteiger partial charge in [-0.2, -0.15) is 0 Å². The number of rotatable bonds is 5. The second kappa shape index (κ2) is 6.07. The van der Waals surface area contributed by atoms with Crippen molar-refractivity contribution < 1.29 is 9.47 Å². The molecule has 0 aliphatic rings. The normalized spacial score (nSPS) is 10.4. The number of nitrogens with zero attached hydrogens (tertiary/aromatic N) is 1. The van der Waals surface area contributed by atoms with Crippen LogP contribution in [0, 0.1) is 0 Å². The maximum Gasteiger partial charge on any atom is 0.171 e. The molecule has 0 aliphatic heterocycles. The van der Waals surface area contributed by atoms with Gasteiger partial charge in [0.1, 0.15) is 5.01 Å². The molecule has 0 unspecified atom stereocenters. The Morgan fingerprint density at radius 2 is 2.22 bits per heavy atom. The summed E-state index contributed by atoms with van der Waals surface area (Å²) in [6.45, 7) is 2.53. The van der Waals surface area contributed by atoms with E-state index in [0.29, 0.717) is 12.5 Å². The molecule has 18 heavy (non-hydrogen) atoms. The fourth-order valence-electron chi connectivity index (χ4n) is 1.63. The second-order valence-corrected chi connectivity index (χ2v) is 4.67. The van der Waals surface area contributed by atoms with Crippen LogP contribution in [0.3, 0.4) is 0 Å². The van der Waals surface area contributed by atoms with Crippen LogP contribution in [-0.2, 0) is 5.88 Å². The number of halogens is 1. The van der Waals surface area contributed by atoms with Crippen molar-refractivity contribution in [3.63, 3.8) is 0 Å². The molecule has 2 rings (SSSR count). The highest BCUT2D eigenvalue weighted by Gasteiger charge is 2.14. The molecule has 0 saturated heterocycles. The molecule has 0 N–H and O–H groups in total. The third kappa shape index (κ3) is 2.60. The lowest BCUT2D eigenvalue weighted by molar-refractivity contribution is 0.312. The Kier molecular flexibility index (Phi) is 4.44. The molecule has 0 atom stereocenters. The molecule has 0 amide bonds. The van der Waals surface area contributed by atoms with Crippen LogP contribution in [0.2, 0.25) is 0 Å². The van der Waals surface area contributed by atoms with Crippen molar-refractivity contribution in [2.75, 3.05) is 13.7 Å². The zero-order valence-corrected chi connectivity index (χ0v) is 11.8. The average Bonchev–Trinajstić information content (AvgIpc) is 2.88. The van der Waals surface area contributed by atoms with Gasteiger partial charge in [-0.15, -0.1) is 22.9 Å². The van der Waals surface area contributed by atoms with Crippen LogP contribution in [0.15, 0.2) is 23.6 Å². The smallest absolute Gasteiger partial charge is 0.171 e. The van der Waals surface area contributed by atoms with E-state index in [1.807, 2.05) is 30.5 Å². The average molecular weight is 284 g/mol. The van der Waals surface area contributed by atoms with Crippen molar-refractivity contribution in [1.29, 1.82) is 0 Å². The Morgan fingerprint density at radius 3 is 2.83 bits per heavy atom. The number of thiazole rings is 1. The number of hydrogen-bond donors (Lipinski definition) is 0. The Morgan fingerprint density at radius 1 is 1.39 bits per heavy atom. The van der Waals surface area contributed by atoms with E-state index in [1.165, 1.54) is 0 Å². The van der Waals surface area contributed by atoms with E-state index < -0.39 is 0 Å². The summed E-state index contributed by atoms with van der Waals surface area (Å²) >= 11 is 7.33. The highest BCUT2D eigenvalue weighted by molar-refractivity contribution is 7.13. The van der Waals surface area contributed by atoms with Crippen LogP contribution in [-0.4, -0.2) is 18.7 Å². The lowest BCUT2D eigenvalue weighted by atomic mass is 10.2. The molecule has 0 fully saturated rings. The van der Waals surface area contributed by atoms with Gasteiger partial charge in [-0.25, -0.2) is 4.98 Å². The molecule has 96 valence electrons. The fraction of sp³-hybridized carbons (Fsp3) is 0.308. The molecule has 0 aliphatic carbocycles. The van der Waals surface area contributed by atoms with E-state index in [-0.39, 0.29) is 0 Å². The van der Waals surface area contributed by atoms with Gasteiger partial charge >= 0.3 is 0 Å². The molecule has 0 radical (unpaired) electrons. The van der Waals surface area contributed by atoms with Gasteiger partial charge in [0.05, 0.1) is 30.9 Å². The molecule has 1 aromatic heterocycles. The van der Waals surface area contributed by atoms with E-state index in [0.717, 1.165) is 27.8 Å². The van der Waals surface area contributed by atoms with Crippen LogP contribution >= 0.6 is 22.9 Å². The first kappa shape index (κ1) is 13.2. The van der Waals surface area contributed by atoms with E-state index in [1.54, 1.807) is 18.4 Å². The Labute approximate surface area is 115 Å². The van der Waals surface area contributed by atoms with E-state index in [9.17, 15) is 0 Å². The molecular formula is C13H14ClNO2S. The quantitative estimate of drug-likeness (QED) is 0.779. The fourth-order valence-corrected chi connectivity index (χ4v) is 2.70. The lowest BCUT2D eigenvalue weighted by Gasteiger charge is -2.12. The van der Waals surface area contributed by atoms with Gasteiger partial charge in [-0.1, -0.05) is 6.07 Å². The zero-order chi connectivity index (χ0) is 13.0. The highest BCUT2D eigenvalue weighted by Crippen LogP contribution is 2.39. The number of ether oxygens (including phenoxy) is 2. The van der Waals surface area contributed by atoms with Crippen LogP contribution in [0.5, 0.6) is 11.5 Å². The zero-order valence-electron chi connectivity index (χ0n) is 10.3. The monoisotopic (exact) mass is 283 g/mol. The standard InChI is InChI=1S/C13H14ClNO2S/c1-3-17-12-10(5-4-6-11(12)16-2)13-15-9(7-14)8-18-13/h4-6,8H,3,7H2,1-2H3. The summed E-state index contributed by atoms with van der Waals surface area (Å²) in [7, 11) is 1.63. The maximum absolute atomic E-state index is 5.78. The van der Waals surface area contributed by atoms with E-state index in [4.69, 9.17) is 21.1 Å². The molecule has 0 spiro atoms. The van der Waals surface area contributed by atoms with E-state index in [2.05, 4.69) is 4.98 Å². The summed E-state index contributed by atoms with van der Waals surface area (Å²) in [5.41, 5.74) is 1.82. The van der Waals surface area contributed by atoms with Crippen LogP contribution in [0.4, 0.5) is 0 Å². The number of para-hydroxylation sites is 1. The minimum absolute atomic E-state index is 0.421. The minimum Gasteiger partial charge on any atom is -0.493 e. The van der Waals surface area contributed by atoms with Crippen molar-refractivity contribution in [1.82, 2.24) is 4.98 Å². The predicted octanol–water partition coefficient (Wildman–Crippen LogP) is 3.96. The van der Waals surface area contributed by atoms with Crippen molar-refractivity contribution in [3.8, 4) is 22.1 Å². The van der Waals surface area contributed by atoms with Gasteiger partial charge in [-0.05, 0) is 19.1 Å². The molecule has 1 aromatic carbocycles. The molecule has 2 aromatic rings. The first-order valence-electron chi connectivity index (χ1n) is 5.60. The number of methoxy groups -OCH3 is 1. The Bertz CT molecular complexity index is 527. The first-order valence-corrected chi connectivity index (χ1v) is 7.02. The van der Waals surface area contributed by atoms with Gasteiger partial charge in [0, 0.05) is 5.38 Å². The minimum atomic E-state index is 0.421. The third-order valence-electron chi connectivity index (χ3n) is 2.41. The summed E-state index contributed by atoms with van der Waals surface area (Å²) in [5, 5.41) is 2.85. The Balaban J connectivity index is 2.48. The number of alkyl halides is 1. The van der Waals surface area contributed by atoms with Crippen molar-refractivity contribution in [3.05, 3.63) is 29.3 Å². The SMILES string of the molecule is CCOc1c(OC)cccc1-c1nc(CCl)cs1. The molecule has 5 heteroatoms. The summed E-state index contributed by atoms with van der Waals surface area (Å²) in [4.78, 5) is 4.47. The van der Waals surface area contributed by atoms with Gasteiger partial charge in [0.15, 0.2) is 11.5 Å². The summed E-state index contributed by atoms with van der Waals surface area (Å²) in [6, 6.07) is 5.79. The summed E-state index contributed by atoms with van der Waals surface area (Å²) in [5.74, 6) is 1.87. The van der Waals surface area contributed by atoms with Crippen molar-refractivity contribution in [2.24, 2.45) is 0 Å². The van der Waals surface area contributed by atoms with Gasteiger partial charge in [0.2, 0.25) is 0 Å². The summed E-state index contributed by atoms with van der Waals surface area (Å²) < 4.78 is 11.0. The Hall–Kier alpha value is -1.26. The number of benzene rings is 1. The molecule has 0 bridgehead atoms. The van der Waals surface area contributed by atoms with Crippen LogP contribution < -0.4 is 9.47 Å². The number of hydrogen-bond acceptors (Lipinski definition) is 4.